The summed E-state index contributed by atoms with van der Waals surface area (Å²) in [6.45, 7) is 2.00. The van der Waals surface area contributed by atoms with E-state index in [2.05, 4.69) is 21.5 Å². The lowest BCUT2D eigenvalue weighted by Gasteiger charge is -2.01. The lowest BCUT2D eigenvalue weighted by atomic mass is 10.3. The van der Waals surface area contributed by atoms with Crippen LogP contribution in [0.2, 0.25) is 0 Å². The van der Waals surface area contributed by atoms with E-state index in [1.807, 2.05) is 18.0 Å². The molecule has 4 heteroatoms. The van der Waals surface area contributed by atoms with E-state index >= 15 is 0 Å². The molecule has 0 unspecified atom stereocenters. The minimum atomic E-state index is 0.902. The van der Waals surface area contributed by atoms with Crippen molar-refractivity contribution >= 4 is 11.8 Å². The number of unbranched alkanes of at least 4 members (excludes halogenated alkanes) is 1. The molecule has 0 fully saturated rings. The minimum absolute atomic E-state index is 0.902. The lowest BCUT2D eigenvalue weighted by molar-refractivity contribution is 0.637. The first-order chi connectivity index (χ1) is 6.43. The largest absolute Gasteiger partial charge is 0.347 e. The van der Waals surface area contributed by atoms with Crippen LogP contribution in [0.1, 0.15) is 18.5 Å². The zero-order valence-electron chi connectivity index (χ0n) is 8.05. The summed E-state index contributed by atoms with van der Waals surface area (Å²) in [6, 6.07) is 0. The van der Waals surface area contributed by atoms with Crippen LogP contribution in [0.15, 0.2) is 12.5 Å². The maximum Gasteiger partial charge on any atom is 0.0922 e. The van der Waals surface area contributed by atoms with Gasteiger partial charge in [-0.25, -0.2) is 4.98 Å². The normalized spacial score (nSPS) is 10.5. The molecule has 0 amide bonds. The van der Waals surface area contributed by atoms with Gasteiger partial charge < -0.3 is 10.3 Å². The molecule has 0 radical (unpaired) electrons. The fourth-order valence-electron chi connectivity index (χ4n) is 1.10. The van der Waals surface area contributed by atoms with Crippen molar-refractivity contribution in [3.8, 4) is 0 Å². The van der Waals surface area contributed by atoms with Crippen molar-refractivity contribution in [2.75, 3.05) is 18.6 Å². The number of imidazole rings is 1. The van der Waals surface area contributed by atoms with Crippen LogP contribution in [0.3, 0.4) is 0 Å². The van der Waals surface area contributed by atoms with Gasteiger partial charge in [0, 0.05) is 18.4 Å². The van der Waals surface area contributed by atoms with Crippen LogP contribution in [0.5, 0.6) is 0 Å². The van der Waals surface area contributed by atoms with Gasteiger partial charge in [0.1, 0.15) is 0 Å². The van der Waals surface area contributed by atoms with Crippen LogP contribution in [0, 0.1) is 0 Å². The molecule has 0 saturated heterocycles. The van der Waals surface area contributed by atoms with E-state index in [-0.39, 0.29) is 0 Å². The third kappa shape index (κ3) is 4.95. The Kier molecular flexibility index (Phi) is 5.69. The molecule has 0 atom stereocenters. The molecule has 74 valence electrons. The molecule has 3 nitrogen and oxygen atoms in total. The quantitative estimate of drug-likeness (QED) is 0.656. The molecule has 1 rings (SSSR count). The Morgan fingerprint density at radius 3 is 3.15 bits per heavy atom. The molecule has 0 aliphatic carbocycles. The summed E-state index contributed by atoms with van der Waals surface area (Å²) in [4.78, 5) is 7.01. The number of aromatic amines is 1. The molecular formula is C9H17N3S. The minimum Gasteiger partial charge on any atom is -0.347 e. The molecule has 0 aliphatic heterocycles. The summed E-state index contributed by atoms with van der Waals surface area (Å²) in [6.07, 6.45) is 8.28. The van der Waals surface area contributed by atoms with Crippen LogP contribution in [-0.2, 0) is 6.54 Å². The van der Waals surface area contributed by atoms with Crippen molar-refractivity contribution in [3.05, 3.63) is 18.2 Å². The summed E-state index contributed by atoms with van der Waals surface area (Å²) in [5.74, 6) is 1.27. The first kappa shape index (κ1) is 10.6. The second-order valence-electron chi connectivity index (χ2n) is 2.95. The van der Waals surface area contributed by atoms with Crippen LogP contribution in [-0.4, -0.2) is 28.5 Å². The maximum absolute atomic E-state index is 3.95. The highest BCUT2D eigenvalue weighted by Gasteiger charge is 1.92. The van der Waals surface area contributed by atoms with Gasteiger partial charge in [-0.2, -0.15) is 11.8 Å². The smallest absolute Gasteiger partial charge is 0.0922 e. The third-order valence-electron chi connectivity index (χ3n) is 1.82. The number of aromatic nitrogens is 2. The van der Waals surface area contributed by atoms with Gasteiger partial charge in [-0.05, 0) is 31.4 Å². The number of rotatable bonds is 7. The Bertz CT molecular complexity index is 199. The summed E-state index contributed by atoms with van der Waals surface area (Å²) < 4.78 is 0. The van der Waals surface area contributed by atoms with Crippen molar-refractivity contribution in [3.63, 3.8) is 0 Å². The number of hydrogen-bond acceptors (Lipinski definition) is 3. The second-order valence-corrected chi connectivity index (χ2v) is 3.94. The second kappa shape index (κ2) is 6.97. The standard InChI is InChI=1S/C9H17N3S/c1-13-5-3-2-4-10-6-9-7-11-8-12-9/h7-8,10H,2-6H2,1H3,(H,11,12). The maximum atomic E-state index is 3.95. The number of nitrogens with one attached hydrogen (secondary N) is 2. The van der Waals surface area contributed by atoms with E-state index in [0.29, 0.717) is 0 Å². The lowest BCUT2D eigenvalue weighted by Crippen LogP contribution is -2.14. The number of thioether (sulfide) groups is 1. The molecule has 1 aromatic heterocycles. The molecule has 0 bridgehead atoms. The fourth-order valence-corrected chi connectivity index (χ4v) is 1.59. The van der Waals surface area contributed by atoms with Gasteiger partial charge in [0.2, 0.25) is 0 Å². The Balaban J connectivity index is 1.90. The van der Waals surface area contributed by atoms with E-state index in [4.69, 9.17) is 0 Å². The number of hydrogen-bond donors (Lipinski definition) is 2. The molecule has 0 spiro atoms. The van der Waals surface area contributed by atoms with Crippen LogP contribution in [0.4, 0.5) is 0 Å². The van der Waals surface area contributed by atoms with Crippen molar-refractivity contribution in [1.29, 1.82) is 0 Å². The molecule has 0 aromatic carbocycles. The fraction of sp³-hybridized carbons (Fsp3) is 0.667. The van der Waals surface area contributed by atoms with Gasteiger partial charge >= 0.3 is 0 Å². The Hall–Kier alpha value is -0.480. The SMILES string of the molecule is CSCCCCNCc1cnc[nH]1. The highest BCUT2D eigenvalue weighted by atomic mass is 32.2. The van der Waals surface area contributed by atoms with Crippen molar-refractivity contribution < 1.29 is 0 Å². The van der Waals surface area contributed by atoms with Crippen LogP contribution in [0.25, 0.3) is 0 Å². The highest BCUT2D eigenvalue weighted by molar-refractivity contribution is 7.98. The Labute approximate surface area is 83.7 Å². The van der Waals surface area contributed by atoms with Crippen molar-refractivity contribution in [1.82, 2.24) is 15.3 Å². The zero-order chi connectivity index (χ0) is 9.36. The predicted octanol–water partition coefficient (Wildman–Crippen LogP) is 1.64. The molecular weight excluding hydrogens is 182 g/mol. The van der Waals surface area contributed by atoms with Crippen LogP contribution < -0.4 is 5.32 Å². The van der Waals surface area contributed by atoms with E-state index in [1.165, 1.54) is 18.6 Å². The van der Waals surface area contributed by atoms with Gasteiger partial charge in [-0.1, -0.05) is 0 Å². The van der Waals surface area contributed by atoms with E-state index in [1.54, 1.807) is 6.33 Å². The summed E-state index contributed by atoms with van der Waals surface area (Å²) in [5, 5.41) is 3.37. The molecule has 1 aromatic rings. The molecule has 1 heterocycles. The van der Waals surface area contributed by atoms with Gasteiger partial charge in [0.05, 0.1) is 6.33 Å². The van der Waals surface area contributed by atoms with Gasteiger partial charge in [0.15, 0.2) is 0 Å². The average molecular weight is 199 g/mol. The van der Waals surface area contributed by atoms with E-state index in [9.17, 15) is 0 Å². The first-order valence-electron chi connectivity index (χ1n) is 4.60. The molecule has 0 aliphatic rings. The average Bonchev–Trinajstić information content (AvgIpc) is 2.63. The van der Waals surface area contributed by atoms with Gasteiger partial charge in [-0.3, -0.25) is 0 Å². The van der Waals surface area contributed by atoms with E-state index < -0.39 is 0 Å². The zero-order valence-corrected chi connectivity index (χ0v) is 8.86. The topological polar surface area (TPSA) is 40.7 Å². The summed E-state index contributed by atoms with van der Waals surface area (Å²) in [5.41, 5.74) is 1.16. The third-order valence-corrected chi connectivity index (χ3v) is 2.52. The van der Waals surface area contributed by atoms with Gasteiger partial charge in [0.25, 0.3) is 0 Å². The van der Waals surface area contributed by atoms with E-state index in [0.717, 1.165) is 18.8 Å². The molecule has 2 N–H and O–H groups in total. The Morgan fingerprint density at radius 1 is 1.54 bits per heavy atom. The van der Waals surface area contributed by atoms with Crippen molar-refractivity contribution in [2.24, 2.45) is 0 Å². The first-order valence-corrected chi connectivity index (χ1v) is 6.00. The highest BCUT2D eigenvalue weighted by Crippen LogP contribution is 1.98. The van der Waals surface area contributed by atoms with Crippen LogP contribution >= 0.6 is 11.8 Å². The van der Waals surface area contributed by atoms with Crippen molar-refractivity contribution in [2.45, 2.75) is 19.4 Å². The summed E-state index contributed by atoms with van der Waals surface area (Å²) in [7, 11) is 0. The number of H-pyrrole nitrogens is 1. The summed E-state index contributed by atoms with van der Waals surface area (Å²) >= 11 is 1.91. The Morgan fingerprint density at radius 2 is 2.46 bits per heavy atom. The number of nitrogens with zero attached hydrogens (tertiary/aromatic N) is 1. The molecule has 0 saturated carbocycles. The van der Waals surface area contributed by atoms with Gasteiger partial charge in [-0.15, -0.1) is 0 Å². The predicted molar refractivity (Wildman–Crippen MR) is 57.9 cm³/mol. The molecule has 13 heavy (non-hydrogen) atoms. The monoisotopic (exact) mass is 199 g/mol.